The molecule has 0 aliphatic carbocycles. The molecule has 0 radical (unpaired) electrons. The Kier molecular flexibility index (Phi) is 12.0. The molecular formula is C34H20O8S7. The maximum absolute atomic E-state index is 11.8. The Morgan fingerprint density at radius 2 is 1.04 bits per heavy atom. The van der Waals surface area contributed by atoms with E-state index in [-0.39, 0.29) is 18.7 Å². The third-order valence-corrected chi connectivity index (χ3v) is 15.4. The van der Waals surface area contributed by atoms with Crippen LogP contribution in [0.5, 0.6) is 0 Å². The maximum atomic E-state index is 11.8. The van der Waals surface area contributed by atoms with E-state index in [4.69, 9.17) is 19.2 Å². The highest BCUT2D eigenvalue weighted by Crippen LogP contribution is 2.49. The number of carbonyl (C=O) groups is 2. The van der Waals surface area contributed by atoms with Gasteiger partial charge in [-0.05, 0) is 90.2 Å². The zero-order valence-electron chi connectivity index (χ0n) is 24.9. The van der Waals surface area contributed by atoms with Crippen molar-refractivity contribution in [2.45, 2.75) is 13.3 Å². The Balaban J connectivity index is 0.000000729. The van der Waals surface area contributed by atoms with Crippen molar-refractivity contribution in [3.8, 4) is 58.5 Å². The average molecular weight is 781 g/mol. The SMILES string of the molecule is Cc1cc(-c2ccc(-c3cccs3)s2)sc1-c1ccc(-c2sc(-c3ccc(-c4ccc(C(=O)O)s4)s3)cc2CC(=O)O)s1.O=C=O.O=C=O. The standard InChI is InChI=1S/C32H20O4S7.2CO2/c1-16-13-27(22-6-4-19(38-22)18-3-2-12-37-18)42-30(16)24-9-10-25(41-24)31-17(15-29(33)34)14-28(43-31)23-7-5-20(39-23)21-8-11-26(40-21)32(35)36;2*2-1-3/h2-14H,15H2,1H3,(H,33,34)(H,35,36);;. The van der Waals surface area contributed by atoms with Gasteiger partial charge < -0.3 is 10.2 Å². The van der Waals surface area contributed by atoms with E-state index >= 15 is 0 Å². The summed E-state index contributed by atoms with van der Waals surface area (Å²) in [5.74, 6) is -1.78. The lowest BCUT2D eigenvalue weighted by molar-refractivity contribution is -0.193. The van der Waals surface area contributed by atoms with Gasteiger partial charge in [0.2, 0.25) is 0 Å². The molecule has 15 heteroatoms. The molecule has 7 aromatic heterocycles. The highest BCUT2D eigenvalue weighted by molar-refractivity contribution is 7.31. The number of hydrogen-bond acceptors (Lipinski definition) is 13. The second-order valence-corrected chi connectivity index (χ2v) is 17.2. The number of carbonyl (C=O) groups excluding carboxylic acids is 4. The summed E-state index contributed by atoms with van der Waals surface area (Å²) in [6, 6.07) is 24.7. The highest BCUT2D eigenvalue weighted by atomic mass is 32.1. The zero-order chi connectivity index (χ0) is 35.1. The van der Waals surface area contributed by atoms with E-state index in [0.29, 0.717) is 4.88 Å². The maximum Gasteiger partial charge on any atom is 0.373 e. The normalized spacial score (nSPS) is 10.3. The van der Waals surface area contributed by atoms with Gasteiger partial charge in [0.15, 0.2) is 0 Å². The van der Waals surface area contributed by atoms with Gasteiger partial charge in [-0.25, -0.2) is 4.79 Å². The molecule has 0 amide bonds. The first-order chi connectivity index (χ1) is 23.6. The van der Waals surface area contributed by atoms with Gasteiger partial charge in [0.25, 0.3) is 0 Å². The molecule has 0 bridgehead atoms. The number of thiophene rings is 7. The number of rotatable bonds is 9. The third kappa shape index (κ3) is 8.43. The molecule has 246 valence electrons. The predicted molar refractivity (Wildman–Crippen MR) is 197 cm³/mol. The largest absolute Gasteiger partial charge is 0.481 e. The first-order valence-corrected chi connectivity index (χ1v) is 19.5. The Hall–Kier alpha value is -4.40. The number of aryl methyl sites for hydroxylation is 1. The molecule has 49 heavy (non-hydrogen) atoms. The van der Waals surface area contributed by atoms with E-state index in [1.54, 1.807) is 62.8 Å². The van der Waals surface area contributed by atoms with Crippen LogP contribution in [0, 0.1) is 6.92 Å². The topological polar surface area (TPSA) is 143 Å². The molecule has 0 saturated heterocycles. The summed E-state index contributed by atoms with van der Waals surface area (Å²) in [5.41, 5.74) is 2.05. The van der Waals surface area contributed by atoms with E-state index in [0.717, 1.165) is 34.8 Å². The summed E-state index contributed by atoms with van der Waals surface area (Å²) in [6.45, 7) is 2.16. The van der Waals surface area contributed by atoms with E-state index in [1.807, 2.05) is 35.6 Å². The molecule has 7 rings (SSSR count). The van der Waals surface area contributed by atoms with Crippen molar-refractivity contribution in [3.63, 3.8) is 0 Å². The lowest BCUT2D eigenvalue weighted by Crippen LogP contribution is -1.99. The van der Waals surface area contributed by atoms with Gasteiger partial charge in [-0.2, -0.15) is 19.2 Å². The summed E-state index contributed by atoms with van der Waals surface area (Å²) >= 11 is 11.6. The minimum Gasteiger partial charge on any atom is -0.481 e. The fourth-order valence-corrected chi connectivity index (χ4v) is 12.3. The van der Waals surface area contributed by atoms with E-state index in [2.05, 4.69) is 54.8 Å². The van der Waals surface area contributed by atoms with E-state index in [1.165, 1.54) is 46.2 Å². The fourth-order valence-electron chi connectivity index (χ4n) is 4.69. The van der Waals surface area contributed by atoms with Crippen LogP contribution in [0.25, 0.3) is 58.5 Å². The Morgan fingerprint density at radius 3 is 1.59 bits per heavy atom. The molecule has 0 unspecified atom stereocenters. The number of hydrogen-bond donors (Lipinski definition) is 2. The summed E-state index contributed by atoms with van der Waals surface area (Å²) < 4.78 is 0. The predicted octanol–water partition coefficient (Wildman–Crippen LogP) is 10.6. The molecule has 0 aliphatic rings. The number of aliphatic carboxylic acids is 1. The Morgan fingerprint density at radius 1 is 0.571 bits per heavy atom. The Labute approximate surface area is 306 Å². The first-order valence-electron chi connectivity index (χ1n) is 13.8. The van der Waals surface area contributed by atoms with Crippen LogP contribution >= 0.6 is 79.4 Å². The van der Waals surface area contributed by atoms with Crippen LogP contribution in [-0.2, 0) is 30.4 Å². The Bertz CT molecular complexity index is 2280. The van der Waals surface area contributed by atoms with Gasteiger partial charge >= 0.3 is 24.2 Å². The zero-order valence-corrected chi connectivity index (χ0v) is 30.6. The van der Waals surface area contributed by atoms with Gasteiger partial charge in [0.1, 0.15) is 4.88 Å². The van der Waals surface area contributed by atoms with Crippen LogP contribution in [0.3, 0.4) is 0 Å². The van der Waals surface area contributed by atoms with Crippen molar-refractivity contribution in [3.05, 3.63) is 94.2 Å². The number of aromatic carboxylic acids is 1. The fraction of sp³-hybridized carbons (Fsp3) is 0.0588. The van der Waals surface area contributed by atoms with Crippen LogP contribution in [0.2, 0.25) is 0 Å². The number of carboxylic acid groups (broad SMARTS) is 2. The second-order valence-electron chi connectivity index (χ2n) is 9.76. The van der Waals surface area contributed by atoms with Crippen LogP contribution in [0.15, 0.2) is 78.2 Å². The van der Waals surface area contributed by atoms with Crippen molar-refractivity contribution in [1.82, 2.24) is 0 Å². The van der Waals surface area contributed by atoms with Crippen molar-refractivity contribution in [2.24, 2.45) is 0 Å². The second kappa shape index (κ2) is 16.3. The lowest BCUT2D eigenvalue weighted by Gasteiger charge is -1.98. The van der Waals surface area contributed by atoms with E-state index < -0.39 is 11.9 Å². The summed E-state index contributed by atoms with van der Waals surface area (Å²) in [6.07, 6.45) is 0.456. The summed E-state index contributed by atoms with van der Waals surface area (Å²) in [7, 11) is 0. The molecular weight excluding hydrogens is 761 g/mol. The third-order valence-electron chi connectivity index (χ3n) is 6.64. The average Bonchev–Trinajstić information content (AvgIpc) is 3.89. The van der Waals surface area contributed by atoms with Crippen LogP contribution in [0.4, 0.5) is 0 Å². The summed E-state index contributed by atoms with van der Waals surface area (Å²) in [4.78, 5) is 69.5. The van der Waals surface area contributed by atoms with Crippen LogP contribution in [-0.4, -0.2) is 34.5 Å². The van der Waals surface area contributed by atoms with Crippen molar-refractivity contribution in [1.29, 1.82) is 0 Å². The quantitative estimate of drug-likeness (QED) is 0.147. The van der Waals surface area contributed by atoms with E-state index in [9.17, 15) is 19.8 Å². The first kappa shape index (κ1) is 35.9. The van der Waals surface area contributed by atoms with Crippen molar-refractivity contribution < 1.29 is 39.0 Å². The van der Waals surface area contributed by atoms with Gasteiger partial charge in [0, 0.05) is 58.5 Å². The molecule has 2 N–H and O–H groups in total. The molecule has 0 spiro atoms. The monoisotopic (exact) mass is 780 g/mol. The van der Waals surface area contributed by atoms with Crippen LogP contribution in [0.1, 0.15) is 20.8 Å². The molecule has 7 aromatic rings. The number of carboxylic acids is 2. The van der Waals surface area contributed by atoms with Gasteiger partial charge in [-0.3, -0.25) is 4.79 Å². The van der Waals surface area contributed by atoms with Crippen molar-refractivity contribution in [2.75, 3.05) is 0 Å². The van der Waals surface area contributed by atoms with Gasteiger partial charge in [-0.15, -0.1) is 79.4 Å². The summed E-state index contributed by atoms with van der Waals surface area (Å²) in [5, 5.41) is 21.1. The molecule has 0 aromatic carbocycles. The molecule has 8 nitrogen and oxygen atoms in total. The minimum atomic E-state index is -0.923. The lowest BCUT2D eigenvalue weighted by atomic mass is 10.1. The van der Waals surface area contributed by atoms with Crippen molar-refractivity contribution >= 4 is 104 Å². The molecule has 0 saturated carbocycles. The van der Waals surface area contributed by atoms with Gasteiger partial charge in [-0.1, -0.05) is 6.07 Å². The van der Waals surface area contributed by atoms with Gasteiger partial charge in [0.05, 0.1) is 6.42 Å². The molecule has 0 aliphatic heterocycles. The minimum absolute atomic E-state index is 0.0443. The highest BCUT2D eigenvalue weighted by Gasteiger charge is 2.20. The smallest absolute Gasteiger partial charge is 0.373 e. The molecule has 0 fully saturated rings. The molecule has 7 heterocycles. The van der Waals surface area contributed by atoms with Crippen LogP contribution < -0.4 is 0 Å². The molecule has 0 atom stereocenters.